The van der Waals surface area contributed by atoms with Crippen molar-refractivity contribution in [3.63, 3.8) is 0 Å². The van der Waals surface area contributed by atoms with Crippen LogP contribution < -0.4 is 29.3 Å². The topological polar surface area (TPSA) is 64.5 Å². The van der Waals surface area contributed by atoms with Crippen molar-refractivity contribution in [3.8, 4) is 17.2 Å². The Hall–Kier alpha value is -2.93. The lowest BCUT2D eigenvalue weighted by molar-refractivity contribution is -0.931. The number of nitrogens with one attached hydrogen (secondary N) is 2. The second-order valence-corrected chi connectivity index (χ2v) is 8.53. The molecule has 0 bridgehead atoms. The van der Waals surface area contributed by atoms with Crippen molar-refractivity contribution in [2.45, 2.75) is 18.9 Å². The third kappa shape index (κ3) is 4.42. The highest BCUT2D eigenvalue weighted by Crippen LogP contribution is 2.34. The minimum atomic E-state index is 0.190. The summed E-state index contributed by atoms with van der Waals surface area (Å²) in [4.78, 5) is 16.2. The number of hydrogen-bond acceptors (Lipinski definition) is 5. The summed E-state index contributed by atoms with van der Waals surface area (Å²) >= 11 is 0. The van der Waals surface area contributed by atoms with Crippen LogP contribution in [-0.4, -0.2) is 52.5 Å². The molecular formula is C24H30N3O4+. The molecule has 0 spiro atoms. The lowest BCUT2D eigenvalue weighted by Gasteiger charge is -2.38. The van der Waals surface area contributed by atoms with E-state index in [0.29, 0.717) is 6.54 Å². The van der Waals surface area contributed by atoms with E-state index in [9.17, 15) is 4.79 Å². The molecule has 7 heteroatoms. The van der Waals surface area contributed by atoms with Crippen LogP contribution in [0, 0.1) is 5.92 Å². The maximum absolute atomic E-state index is 12.3. The van der Waals surface area contributed by atoms with Crippen molar-refractivity contribution in [1.82, 2.24) is 5.32 Å². The third-order valence-electron chi connectivity index (χ3n) is 6.56. The van der Waals surface area contributed by atoms with Gasteiger partial charge in [0.05, 0.1) is 39.8 Å². The van der Waals surface area contributed by atoms with E-state index in [1.165, 1.54) is 16.2 Å². The van der Waals surface area contributed by atoms with Gasteiger partial charge in [0.1, 0.15) is 11.8 Å². The van der Waals surface area contributed by atoms with E-state index >= 15 is 0 Å². The van der Waals surface area contributed by atoms with Crippen LogP contribution in [-0.2, 0) is 4.79 Å². The third-order valence-corrected chi connectivity index (χ3v) is 6.56. The standard InChI is InChI=1S/C24H29N3O4/c1-29-20-7-5-19(6-8-20)26-10-12-27(13-11-26)21(15-25-24(28)17-2-3-17)18-4-9-22-23(14-18)31-16-30-22/h4-9,14,17,21H,2-3,10-13,15-16H2,1H3,(H,25,28)/p+1/t21-/m1/s1. The molecule has 1 atom stereocenters. The Kier molecular flexibility index (Phi) is 5.59. The van der Waals surface area contributed by atoms with Crippen molar-refractivity contribution in [1.29, 1.82) is 0 Å². The van der Waals surface area contributed by atoms with Gasteiger partial charge in [0, 0.05) is 17.2 Å². The zero-order valence-electron chi connectivity index (χ0n) is 17.9. The fraction of sp³-hybridized carbons (Fsp3) is 0.458. The number of rotatable bonds is 7. The Balaban J connectivity index is 1.28. The summed E-state index contributed by atoms with van der Waals surface area (Å²) in [5.74, 6) is 2.89. The molecule has 1 saturated heterocycles. The van der Waals surface area contributed by atoms with Crippen LogP contribution in [0.2, 0.25) is 0 Å². The first-order valence-electron chi connectivity index (χ1n) is 11.1. The minimum Gasteiger partial charge on any atom is -0.497 e. The average Bonchev–Trinajstić information content (AvgIpc) is 3.57. The van der Waals surface area contributed by atoms with Crippen molar-refractivity contribution in [2.24, 2.45) is 5.92 Å². The molecule has 2 N–H and O–H groups in total. The van der Waals surface area contributed by atoms with Gasteiger partial charge in [0.15, 0.2) is 11.5 Å². The van der Waals surface area contributed by atoms with Gasteiger partial charge in [-0.1, -0.05) is 0 Å². The van der Waals surface area contributed by atoms with Crippen LogP contribution in [0.4, 0.5) is 5.69 Å². The van der Waals surface area contributed by atoms with Gasteiger partial charge >= 0.3 is 0 Å². The van der Waals surface area contributed by atoms with Gasteiger partial charge in [-0.25, -0.2) is 0 Å². The van der Waals surface area contributed by atoms with Gasteiger partial charge in [-0.15, -0.1) is 0 Å². The van der Waals surface area contributed by atoms with Gasteiger partial charge < -0.3 is 29.3 Å². The zero-order valence-corrected chi connectivity index (χ0v) is 17.9. The van der Waals surface area contributed by atoms with Crippen molar-refractivity contribution >= 4 is 11.6 Å². The van der Waals surface area contributed by atoms with Gasteiger partial charge in [0.2, 0.25) is 12.7 Å². The van der Waals surface area contributed by atoms with Crippen LogP contribution in [0.3, 0.4) is 0 Å². The minimum absolute atomic E-state index is 0.190. The molecule has 2 aromatic carbocycles. The van der Waals surface area contributed by atoms with Gasteiger partial charge in [-0.3, -0.25) is 4.79 Å². The first-order chi connectivity index (χ1) is 15.2. The van der Waals surface area contributed by atoms with E-state index in [2.05, 4.69) is 34.5 Å². The van der Waals surface area contributed by atoms with E-state index in [0.717, 1.165) is 56.3 Å². The quantitative estimate of drug-likeness (QED) is 0.704. The second-order valence-electron chi connectivity index (χ2n) is 8.53. The number of quaternary nitrogens is 1. The molecule has 5 rings (SSSR count). The molecule has 0 radical (unpaired) electrons. The fourth-order valence-corrected chi connectivity index (χ4v) is 4.51. The normalized spacial score (nSPS) is 19.2. The number of methoxy groups -OCH3 is 1. The van der Waals surface area contributed by atoms with E-state index in [1.54, 1.807) is 7.11 Å². The lowest BCUT2D eigenvalue weighted by atomic mass is 10.0. The Morgan fingerprint density at radius 1 is 1.13 bits per heavy atom. The number of fused-ring (bicyclic) bond motifs is 1. The molecule has 1 amide bonds. The second kappa shape index (κ2) is 8.67. The summed E-state index contributed by atoms with van der Waals surface area (Å²) in [6.45, 7) is 4.87. The fourth-order valence-electron chi connectivity index (χ4n) is 4.51. The molecule has 0 aromatic heterocycles. The molecule has 164 valence electrons. The highest BCUT2D eigenvalue weighted by atomic mass is 16.7. The van der Waals surface area contributed by atoms with Crippen molar-refractivity contribution in [2.75, 3.05) is 51.5 Å². The van der Waals surface area contributed by atoms with E-state index in [-0.39, 0.29) is 24.7 Å². The summed E-state index contributed by atoms with van der Waals surface area (Å²) in [6, 6.07) is 14.6. The SMILES string of the molecule is COc1ccc(N2CC[NH+]([C@H](CNC(=O)C3CC3)c3ccc4c(c3)OCO4)CC2)cc1. The Morgan fingerprint density at radius 2 is 1.87 bits per heavy atom. The maximum Gasteiger partial charge on any atom is 0.231 e. The molecule has 2 aliphatic heterocycles. The highest BCUT2D eigenvalue weighted by molar-refractivity contribution is 5.80. The molecular weight excluding hydrogens is 394 g/mol. The van der Waals surface area contributed by atoms with Crippen molar-refractivity contribution in [3.05, 3.63) is 48.0 Å². The average molecular weight is 425 g/mol. The van der Waals surface area contributed by atoms with Gasteiger partial charge in [-0.2, -0.15) is 0 Å². The Labute approximate surface area is 182 Å². The maximum atomic E-state index is 12.3. The molecule has 7 nitrogen and oxygen atoms in total. The van der Waals surface area contributed by atoms with E-state index < -0.39 is 0 Å². The van der Waals surface area contributed by atoms with Gasteiger partial charge in [-0.05, 0) is 55.3 Å². The smallest absolute Gasteiger partial charge is 0.231 e. The van der Waals surface area contributed by atoms with Crippen LogP contribution >= 0.6 is 0 Å². The Morgan fingerprint density at radius 3 is 2.58 bits per heavy atom. The number of carbonyl (C=O) groups excluding carboxylic acids is 1. The lowest BCUT2D eigenvalue weighted by Crippen LogP contribution is -3.15. The summed E-state index contributed by atoms with van der Waals surface area (Å²) in [6.07, 6.45) is 2.04. The van der Waals surface area contributed by atoms with Crippen LogP contribution in [0.25, 0.3) is 0 Å². The molecule has 1 saturated carbocycles. The summed E-state index contributed by atoms with van der Waals surface area (Å²) in [5, 5.41) is 3.20. The highest BCUT2D eigenvalue weighted by Gasteiger charge is 2.33. The molecule has 0 unspecified atom stereocenters. The number of benzene rings is 2. The number of ether oxygens (including phenoxy) is 3. The Bertz CT molecular complexity index is 921. The van der Waals surface area contributed by atoms with Crippen LogP contribution in [0.5, 0.6) is 17.2 Å². The van der Waals surface area contributed by atoms with Crippen LogP contribution in [0.15, 0.2) is 42.5 Å². The number of carbonyl (C=O) groups is 1. The van der Waals surface area contributed by atoms with Crippen molar-refractivity contribution < 1.29 is 23.9 Å². The first-order valence-corrected chi connectivity index (χ1v) is 11.1. The number of nitrogens with zero attached hydrogens (tertiary/aromatic N) is 1. The first kappa shape index (κ1) is 20.0. The largest absolute Gasteiger partial charge is 0.497 e. The number of anilines is 1. The number of hydrogen-bond donors (Lipinski definition) is 2. The zero-order chi connectivity index (χ0) is 21.2. The summed E-state index contributed by atoms with van der Waals surface area (Å²) in [5.41, 5.74) is 2.41. The number of piperazine rings is 1. The molecule has 2 heterocycles. The van der Waals surface area contributed by atoms with Gasteiger partial charge in [0.25, 0.3) is 0 Å². The predicted molar refractivity (Wildman–Crippen MR) is 117 cm³/mol. The molecule has 3 aliphatic rings. The predicted octanol–water partition coefficient (Wildman–Crippen LogP) is 1.40. The van der Waals surface area contributed by atoms with E-state index in [4.69, 9.17) is 14.2 Å². The summed E-state index contributed by atoms with van der Waals surface area (Å²) < 4.78 is 16.4. The molecule has 2 aromatic rings. The molecule has 2 fully saturated rings. The monoisotopic (exact) mass is 424 g/mol. The van der Waals surface area contributed by atoms with E-state index in [1.807, 2.05) is 18.2 Å². The number of amides is 1. The van der Waals surface area contributed by atoms with Crippen LogP contribution in [0.1, 0.15) is 24.4 Å². The molecule has 31 heavy (non-hydrogen) atoms. The molecule has 1 aliphatic carbocycles. The summed E-state index contributed by atoms with van der Waals surface area (Å²) in [7, 11) is 1.69.